The average Bonchev–Trinajstić information content (AvgIpc) is 1.64. The zero-order chi connectivity index (χ0) is 108. The monoisotopic (exact) mass is 2100 g/mol. The molecule has 2 aromatic carbocycles. The zero-order valence-corrected chi connectivity index (χ0v) is 84.9. The number of amides is 17. The predicted molar refractivity (Wildman–Crippen MR) is 547 cm³/mol. The molecule has 144 heavy (non-hydrogen) atoms. The number of aromatic hydroxyl groups is 1. The van der Waals surface area contributed by atoms with E-state index < -0.39 is 258 Å². The highest BCUT2D eigenvalue weighted by Crippen LogP contribution is 2.22. The summed E-state index contributed by atoms with van der Waals surface area (Å²) in [5.41, 5.74) is 34.0. The Morgan fingerprint density at radius 3 is 1.10 bits per heavy atom. The second-order valence-corrected chi connectivity index (χ2v) is 36.4. The van der Waals surface area contributed by atoms with Crippen molar-refractivity contribution in [2.24, 2.45) is 52.2 Å². The van der Waals surface area contributed by atoms with Crippen LogP contribution in [0, 0.1) is 44.8 Å². The Bertz CT molecular complexity index is 4690. The number of rotatable bonds is 66. The lowest BCUT2D eigenvalue weighted by Crippen LogP contribution is -2.62. The number of carbonyl (C=O) groups excluding carboxylic acids is 17. The van der Waals surface area contributed by atoms with Crippen molar-refractivity contribution < 1.29 is 96.5 Å². The van der Waals surface area contributed by atoms with Gasteiger partial charge in [0, 0.05) is 75.1 Å². The molecule has 15 atom stereocenters. The van der Waals surface area contributed by atoms with Crippen LogP contribution in [0.25, 0.3) is 0 Å². The van der Waals surface area contributed by atoms with Crippen LogP contribution in [0.5, 0.6) is 5.75 Å². The molecule has 0 saturated carbocycles. The first-order valence-corrected chi connectivity index (χ1v) is 49.2. The van der Waals surface area contributed by atoms with E-state index in [2.05, 4.69) is 162 Å². The number of carboxylic acid groups (broad SMARTS) is 1. The minimum Gasteiger partial charge on any atom is -0.508 e. The van der Waals surface area contributed by atoms with Crippen LogP contribution in [0.3, 0.4) is 0 Å². The van der Waals surface area contributed by atoms with Gasteiger partial charge >= 0.3 is 5.97 Å². The number of carboxylic acids is 1. The van der Waals surface area contributed by atoms with Crippen LogP contribution in [0.4, 0.5) is 0 Å². The summed E-state index contributed by atoms with van der Waals surface area (Å²) in [7, 11) is 0. The SMILES string of the molecule is CC(C)C[C@H](NC(=O)[C@H](CCCNC(=N)N)NC(=O)CNC(=O)CNC(=O)[C@@H](N)CCCNC(=N)N)C(=O)N[C@@H](CS)C(=O)N[C@@H](Cc1ccc(O)cc1)C(=O)N[C@@H](CS)C(=O)N[C@@H](CCCNC(=N)N)C(=O)N1CCC[C@H]1C(=O)N[C@@H](CCCNC(=N)N)C(=O)N[C@@H](Cc1ccccc1)C(=O)N[C@@H](CS)C(=O)N[C@H](C(=O)N[C@@H](CS)C(=O)N[C@H](C(=O)NCC(=O)N[C@@H](CCCNC(=N)N)C(=O)O)C(C)C)C(C)C. The van der Waals surface area contributed by atoms with Crippen molar-refractivity contribution >= 4 is 187 Å². The zero-order valence-electron chi connectivity index (χ0n) is 81.3. The molecule has 0 unspecified atom stereocenters. The van der Waals surface area contributed by atoms with E-state index in [9.17, 15) is 91.7 Å². The normalized spacial score (nSPS) is 15.0. The number of nitrogens with two attached hydrogens (primary N) is 6. The summed E-state index contributed by atoms with van der Waals surface area (Å²) in [6, 6.07) is -7.86. The molecule has 53 nitrogen and oxygen atoms in total. The molecular weight excluding hydrogens is 1960 g/mol. The lowest BCUT2D eigenvalue weighted by Gasteiger charge is -2.31. The van der Waals surface area contributed by atoms with E-state index in [1.165, 1.54) is 29.2 Å². The number of aliphatic carboxylic acids is 1. The van der Waals surface area contributed by atoms with Crippen LogP contribution in [-0.2, 0) is 99.1 Å². The Morgan fingerprint density at radius 2 is 0.688 bits per heavy atom. The predicted octanol–water partition coefficient (Wildman–Crippen LogP) is -9.38. The molecule has 0 bridgehead atoms. The Hall–Kier alpha value is -13.6. The van der Waals surface area contributed by atoms with Gasteiger partial charge in [-0.2, -0.15) is 50.5 Å². The van der Waals surface area contributed by atoms with Crippen LogP contribution in [-0.4, -0.2) is 324 Å². The van der Waals surface area contributed by atoms with Gasteiger partial charge in [-0.1, -0.05) is 84.0 Å². The first-order valence-electron chi connectivity index (χ1n) is 46.7. The van der Waals surface area contributed by atoms with E-state index in [1.54, 1.807) is 71.9 Å². The third-order valence-electron chi connectivity index (χ3n) is 22.0. The lowest BCUT2D eigenvalue weighted by molar-refractivity contribution is -0.142. The fourth-order valence-corrected chi connectivity index (χ4v) is 15.3. The molecule has 0 aromatic heterocycles. The molecule has 17 amide bonds. The lowest BCUT2D eigenvalue weighted by atomic mass is 10.0. The van der Waals surface area contributed by atoms with Crippen LogP contribution in [0.15, 0.2) is 54.6 Å². The van der Waals surface area contributed by atoms with E-state index in [0.717, 1.165) is 0 Å². The van der Waals surface area contributed by atoms with Crippen molar-refractivity contribution in [3.05, 3.63) is 65.7 Å². The summed E-state index contributed by atoms with van der Waals surface area (Å²) in [5, 5.41) is 111. The number of guanidine groups is 5. The molecule has 1 saturated heterocycles. The molecule has 40 N–H and O–H groups in total. The number of benzene rings is 2. The fraction of sp³-hybridized carbons (Fsp3) is 0.598. The third kappa shape index (κ3) is 48.0. The van der Waals surface area contributed by atoms with Crippen molar-refractivity contribution in [1.29, 1.82) is 27.0 Å². The Kier molecular flexibility index (Phi) is 57.3. The highest BCUT2D eigenvalue weighted by atomic mass is 32.1. The number of likely N-dealkylation sites (tertiary alicyclic amines) is 1. The van der Waals surface area contributed by atoms with Gasteiger partial charge in [-0.05, 0) is 124 Å². The van der Waals surface area contributed by atoms with E-state index in [1.807, 2.05) is 0 Å². The molecule has 0 radical (unpaired) electrons. The standard InChI is InChI=1S/C87H145N33O20S4/c1-44(2)34-55(111-69(126)51(19-11-29-100-84(91)92)107-64(123)38-104-63(122)37-105-68(125)50(88)18-10-28-99-83(89)90)71(128)114-59(41-142)75(132)113-57(36-48-24-26-49(121)27-25-48)73(130)115-58(40-141)74(131)110-53(21-13-31-102-86(95)96)81(138)120-33-15-23-62(120)78(135)109-52(20-12-30-101-85(93)94)70(127)112-56(35-47-16-8-7-9-17-47)72(129)116-60(42-143)76(133)119-67(46(5)6)80(137)117-61(43-144)77(134)118-66(45(3)4)79(136)106-39-65(124)108-54(82(139)140)22-14-32-103-87(97)98/h7-9,16-17,24-27,44-46,50-62,66-67,121,141-144H,10-15,18-23,28-43,88H2,1-6H3,(H,104,122)(H,105,125)(H,106,136)(H,107,123)(H,108,124)(H,109,135)(H,110,131)(H,111,126)(H,112,127)(H,113,132)(H,114,128)(H,115,130)(H,116,129)(H,117,137)(H,118,134)(H,119,133)(H,139,140)(H4,89,90,99)(H4,91,92,100)(H4,93,94,101)(H4,95,96,102)(H4,97,98,103)/t50-,51-,52-,53-,54-,55-,56-,57-,58-,59-,60-,61-,62-,66-,67-/m0/s1. The summed E-state index contributed by atoms with van der Waals surface area (Å²) >= 11 is 17.4. The average molecular weight is 2100 g/mol. The quantitative estimate of drug-likeness (QED) is 0.0127. The van der Waals surface area contributed by atoms with Crippen molar-refractivity contribution in [3.8, 4) is 5.75 Å². The number of phenols is 1. The van der Waals surface area contributed by atoms with Crippen molar-refractivity contribution in [2.45, 2.75) is 228 Å². The maximum Gasteiger partial charge on any atom is 0.326 e. The van der Waals surface area contributed by atoms with Gasteiger partial charge in [0.05, 0.1) is 25.7 Å². The van der Waals surface area contributed by atoms with Gasteiger partial charge in [0.25, 0.3) is 0 Å². The van der Waals surface area contributed by atoms with Crippen molar-refractivity contribution in [3.63, 3.8) is 0 Å². The van der Waals surface area contributed by atoms with Gasteiger partial charge in [-0.3, -0.25) is 109 Å². The Balaban J connectivity index is 1.92. The minimum absolute atomic E-state index is 0.00136. The second kappa shape index (κ2) is 66.3. The third-order valence-corrected chi connectivity index (χ3v) is 23.4. The van der Waals surface area contributed by atoms with Gasteiger partial charge < -0.3 is 161 Å². The highest BCUT2D eigenvalue weighted by Gasteiger charge is 2.43. The first kappa shape index (κ1) is 125. The van der Waals surface area contributed by atoms with Gasteiger partial charge in [0.15, 0.2) is 29.8 Å². The number of carbonyl (C=O) groups is 18. The molecule has 1 aliphatic heterocycles. The molecular formula is C87H145N33O20S4. The molecule has 1 heterocycles. The molecule has 57 heteroatoms. The molecule has 802 valence electrons. The summed E-state index contributed by atoms with van der Waals surface area (Å²) in [5.74, 6) is -21.9. The molecule has 1 aliphatic rings. The van der Waals surface area contributed by atoms with E-state index >= 15 is 4.79 Å². The van der Waals surface area contributed by atoms with Crippen LogP contribution in [0.1, 0.15) is 136 Å². The summed E-state index contributed by atoms with van der Waals surface area (Å²) < 4.78 is 0. The number of hydrogen-bond acceptors (Lipinski definition) is 29. The molecule has 0 aliphatic carbocycles. The van der Waals surface area contributed by atoms with Gasteiger partial charge in [0.2, 0.25) is 100 Å². The van der Waals surface area contributed by atoms with E-state index in [-0.39, 0.29) is 164 Å². The summed E-state index contributed by atoms with van der Waals surface area (Å²) in [6.45, 7) is 8.17. The molecule has 0 spiro atoms. The number of phenolic OH excluding ortho intramolecular Hbond substituents is 1. The molecule has 2 aromatic rings. The van der Waals surface area contributed by atoms with Gasteiger partial charge in [-0.15, -0.1) is 0 Å². The minimum atomic E-state index is -1.62. The number of hydrogen-bond donors (Lipinski definition) is 38. The van der Waals surface area contributed by atoms with E-state index in [4.69, 9.17) is 61.4 Å². The van der Waals surface area contributed by atoms with Crippen LogP contribution < -0.4 is 146 Å². The molecule has 1 fully saturated rings. The molecule has 3 rings (SSSR count). The Labute approximate surface area is 856 Å². The largest absolute Gasteiger partial charge is 0.508 e. The maximum absolute atomic E-state index is 15.2. The number of nitrogens with zero attached hydrogens (tertiary/aromatic N) is 1. The van der Waals surface area contributed by atoms with Crippen molar-refractivity contribution in [1.82, 2.24) is 117 Å². The first-order chi connectivity index (χ1) is 68.0. The Morgan fingerprint density at radius 1 is 0.361 bits per heavy atom. The number of thiol groups is 4. The van der Waals surface area contributed by atoms with Gasteiger partial charge in [-0.25, -0.2) is 4.79 Å². The fourth-order valence-electron chi connectivity index (χ4n) is 14.3. The van der Waals surface area contributed by atoms with E-state index in [0.29, 0.717) is 17.5 Å². The summed E-state index contributed by atoms with van der Waals surface area (Å²) in [6.07, 6.45) is 0.00168. The topological polar surface area (TPSA) is 879 Å². The van der Waals surface area contributed by atoms with Crippen LogP contribution >= 0.6 is 50.5 Å². The van der Waals surface area contributed by atoms with Crippen LogP contribution in [0.2, 0.25) is 0 Å². The summed E-state index contributed by atoms with van der Waals surface area (Å²) in [4.78, 5) is 253. The number of nitrogens with one attached hydrogen (secondary N) is 26. The van der Waals surface area contributed by atoms with Gasteiger partial charge in [0.1, 0.15) is 90.3 Å². The highest BCUT2D eigenvalue weighted by molar-refractivity contribution is 7.80. The second-order valence-electron chi connectivity index (χ2n) is 34.9. The van der Waals surface area contributed by atoms with Crippen molar-refractivity contribution in [2.75, 3.05) is 81.9 Å². The maximum atomic E-state index is 15.2. The smallest absolute Gasteiger partial charge is 0.326 e.